The van der Waals surface area contributed by atoms with Gasteiger partial charge < -0.3 is 24.5 Å². The Morgan fingerprint density at radius 3 is 2.26 bits per heavy atom. The van der Waals surface area contributed by atoms with E-state index in [4.69, 9.17) is 4.74 Å². The minimum absolute atomic E-state index is 0.110. The fraction of sp³-hybridized carbons (Fsp3) is 0.300. The number of piperazine rings is 1. The van der Waals surface area contributed by atoms with Crippen molar-refractivity contribution in [3.05, 3.63) is 48.5 Å². The molecule has 1 N–H and O–H groups in total. The number of hydrogen-bond donors (Lipinski definition) is 1. The molecule has 1 saturated heterocycles. The number of anilines is 2. The minimum atomic E-state index is -0.591. The number of amides is 2. The second kappa shape index (κ2) is 7.99. The van der Waals surface area contributed by atoms with E-state index in [0.717, 1.165) is 11.4 Å². The van der Waals surface area contributed by atoms with Gasteiger partial charge in [-0.2, -0.15) is 0 Å². The summed E-state index contributed by atoms with van der Waals surface area (Å²) in [6.07, 6.45) is 0. The Morgan fingerprint density at radius 1 is 1.00 bits per heavy atom. The molecular formula is C20H23N3O4. The molecule has 0 radical (unpaired) electrons. The maximum Gasteiger partial charge on any atom is 0.316 e. The zero-order valence-corrected chi connectivity index (χ0v) is 15.5. The monoisotopic (exact) mass is 369 g/mol. The van der Waals surface area contributed by atoms with Crippen LogP contribution in [-0.2, 0) is 9.59 Å². The number of rotatable bonds is 3. The molecule has 2 amide bonds. The van der Waals surface area contributed by atoms with E-state index in [0.29, 0.717) is 31.9 Å². The lowest BCUT2D eigenvalue weighted by Crippen LogP contribution is -2.53. The molecule has 7 heteroatoms. The number of benzene rings is 2. The molecule has 1 heterocycles. The summed E-state index contributed by atoms with van der Waals surface area (Å²) >= 11 is 0. The highest BCUT2D eigenvalue weighted by molar-refractivity contribution is 6.40. The standard InChI is InChI=1S/C20H23N3O4/c1-21(15-7-9-16(24)10-8-15)19(25)20(26)23-13-11-22(12-14-23)17-5-3-4-6-18(17)27-2/h3-10,24H,11-14H2,1-2H3. The van der Waals surface area contributed by atoms with Gasteiger partial charge in [-0.1, -0.05) is 12.1 Å². The lowest BCUT2D eigenvalue weighted by atomic mass is 10.2. The SMILES string of the molecule is COc1ccccc1N1CCN(C(=O)C(=O)N(C)c2ccc(O)cc2)CC1. The van der Waals surface area contributed by atoms with Crippen LogP contribution in [0.4, 0.5) is 11.4 Å². The smallest absolute Gasteiger partial charge is 0.316 e. The van der Waals surface area contributed by atoms with E-state index < -0.39 is 11.8 Å². The van der Waals surface area contributed by atoms with Crippen molar-refractivity contribution >= 4 is 23.2 Å². The number of phenolic OH excluding ortho intramolecular Hbond substituents is 1. The fourth-order valence-electron chi connectivity index (χ4n) is 3.11. The van der Waals surface area contributed by atoms with Gasteiger partial charge in [0.25, 0.3) is 0 Å². The van der Waals surface area contributed by atoms with Crippen LogP contribution in [0, 0.1) is 0 Å². The van der Waals surface area contributed by atoms with Crippen LogP contribution >= 0.6 is 0 Å². The summed E-state index contributed by atoms with van der Waals surface area (Å²) in [6.45, 7) is 2.18. The van der Waals surface area contributed by atoms with Crippen LogP contribution < -0.4 is 14.5 Å². The predicted molar refractivity (Wildman–Crippen MR) is 103 cm³/mol. The van der Waals surface area contributed by atoms with Gasteiger partial charge in [-0.05, 0) is 36.4 Å². The van der Waals surface area contributed by atoms with E-state index in [1.54, 1.807) is 31.2 Å². The Labute approximate surface area is 158 Å². The first kappa shape index (κ1) is 18.6. The van der Waals surface area contributed by atoms with E-state index in [1.165, 1.54) is 17.0 Å². The third-order valence-electron chi connectivity index (χ3n) is 4.72. The van der Waals surface area contributed by atoms with Crippen molar-refractivity contribution in [2.24, 2.45) is 0 Å². The van der Waals surface area contributed by atoms with Gasteiger partial charge in [-0.15, -0.1) is 0 Å². The van der Waals surface area contributed by atoms with Gasteiger partial charge >= 0.3 is 11.8 Å². The lowest BCUT2D eigenvalue weighted by Gasteiger charge is -2.36. The predicted octanol–water partition coefficient (Wildman–Crippen LogP) is 1.71. The maximum absolute atomic E-state index is 12.6. The lowest BCUT2D eigenvalue weighted by molar-refractivity contribution is -0.144. The second-order valence-corrected chi connectivity index (χ2v) is 6.33. The highest BCUT2D eigenvalue weighted by Crippen LogP contribution is 2.28. The van der Waals surface area contributed by atoms with Crippen molar-refractivity contribution < 1.29 is 19.4 Å². The number of methoxy groups -OCH3 is 1. The molecule has 3 rings (SSSR count). The molecule has 1 fully saturated rings. The van der Waals surface area contributed by atoms with E-state index in [2.05, 4.69) is 4.90 Å². The number of ether oxygens (including phenoxy) is 1. The zero-order valence-electron chi connectivity index (χ0n) is 15.5. The average Bonchev–Trinajstić information content (AvgIpc) is 2.72. The summed E-state index contributed by atoms with van der Waals surface area (Å²) in [7, 11) is 3.19. The second-order valence-electron chi connectivity index (χ2n) is 6.33. The number of para-hydroxylation sites is 2. The Hall–Kier alpha value is -3.22. The fourth-order valence-corrected chi connectivity index (χ4v) is 3.11. The topological polar surface area (TPSA) is 73.3 Å². The van der Waals surface area contributed by atoms with Gasteiger partial charge in [-0.3, -0.25) is 9.59 Å². The number of nitrogens with zero attached hydrogens (tertiary/aromatic N) is 3. The molecular weight excluding hydrogens is 346 g/mol. The Kier molecular flexibility index (Phi) is 5.49. The molecule has 27 heavy (non-hydrogen) atoms. The third-order valence-corrected chi connectivity index (χ3v) is 4.72. The Balaban J connectivity index is 1.62. The molecule has 0 aromatic heterocycles. The first-order chi connectivity index (χ1) is 13.0. The van der Waals surface area contributed by atoms with Gasteiger partial charge in [0.15, 0.2) is 0 Å². The summed E-state index contributed by atoms with van der Waals surface area (Å²) in [5, 5.41) is 9.35. The minimum Gasteiger partial charge on any atom is -0.508 e. The van der Waals surface area contributed by atoms with E-state index >= 15 is 0 Å². The summed E-state index contributed by atoms with van der Waals surface area (Å²) in [5.41, 5.74) is 1.54. The highest BCUT2D eigenvalue weighted by Gasteiger charge is 2.29. The van der Waals surface area contributed by atoms with Gasteiger partial charge in [0.2, 0.25) is 0 Å². The molecule has 2 aromatic rings. The van der Waals surface area contributed by atoms with Crippen LogP contribution in [0.3, 0.4) is 0 Å². The number of carbonyl (C=O) groups is 2. The molecule has 0 atom stereocenters. The first-order valence-corrected chi connectivity index (χ1v) is 8.75. The van der Waals surface area contributed by atoms with Crippen molar-refractivity contribution in [2.45, 2.75) is 0 Å². The van der Waals surface area contributed by atoms with Gasteiger partial charge in [-0.25, -0.2) is 0 Å². The molecule has 142 valence electrons. The van der Waals surface area contributed by atoms with E-state index in [-0.39, 0.29) is 5.75 Å². The number of aromatic hydroxyl groups is 1. The number of carbonyl (C=O) groups excluding carboxylic acids is 2. The number of hydrogen-bond acceptors (Lipinski definition) is 5. The molecule has 1 aliphatic rings. The first-order valence-electron chi connectivity index (χ1n) is 8.75. The largest absolute Gasteiger partial charge is 0.508 e. The molecule has 0 aliphatic carbocycles. The normalized spacial score (nSPS) is 14.0. The van der Waals surface area contributed by atoms with Crippen LogP contribution in [0.15, 0.2) is 48.5 Å². The Bertz CT molecular complexity index is 814. The molecule has 0 unspecified atom stereocenters. The quantitative estimate of drug-likeness (QED) is 0.834. The Morgan fingerprint density at radius 2 is 1.63 bits per heavy atom. The molecule has 1 aliphatic heterocycles. The highest BCUT2D eigenvalue weighted by atomic mass is 16.5. The van der Waals surface area contributed by atoms with Crippen molar-refractivity contribution in [2.75, 3.05) is 50.1 Å². The molecule has 7 nitrogen and oxygen atoms in total. The van der Waals surface area contributed by atoms with Crippen LogP contribution in [0.2, 0.25) is 0 Å². The summed E-state index contributed by atoms with van der Waals surface area (Å²) in [6, 6.07) is 13.9. The van der Waals surface area contributed by atoms with Crippen LogP contribution in [0.5, 0.6) is 11.5 Å². The van der Waals surface area contributed by atoms with E-state index in [1.807, 2.05) is 24.3 Å². The molecule has 0 bridgehead atoms. The van der Waals surface area contributed by atoms with Gasteiger partial charge in [0, 0.05) is 38.9 Å². The zero-order chi connectivity index (χ0) is 19.4. The summed E-state index contributed by atoms with van der Waals surface area (Å²) in [5.74, 6) is -0.213. The van der Waals surface area contributed by atoms with Crippen molar-refractivity contribution in [1.82, 2.24) is 4.90 Å². The summed E-state index contributed by atoms with van der Waals surface area (Å²) in [4.78, 5) is 30.1. The van der Waals surface area contributed by atoms with Crippen molar-refractivity contribution in [1.29, 1.82) is 0 Å². The van der Waals surface area contributed by atoms with Crippen molar-refractivity contribution in [3.63, 3.8) is 0 Å². The van der Waals surface area contributed by atoms with Gasteiger partial charge in [0.05, 0.1) is 12.8 Å². The van der Waals surface area contributed by atoms with Gasteiger partial charge in [0.1, 0.15) is 11.5 Å². The number of phenols is 1. The molecule has 2 aromatic carbocycles. The molecule has 0 spiro atoms. The van der Waals surface area contributed by atoms with Crippen LogP contribution in [0.25, 0.3) is 0 Å². The summed E-state index contributed by atoms with van der Waals surface area (Å²) < 4.78 is 5.40. The average molecular weight is 369 g/mol. The van der Waals surface area contributed by atoms with Crippen LogP contribution in [0.1, 0.15) is 0 Å². The van der Waals surface area contributed by atoms with E-state index in [9.17, 15) is 14.7 Å². The number of likely N-dealkylation sites (N-methyl/N-ethyl adjacent to an activating group) is 1. The van der Waals surface area contributed by atoms with Crippen molar-refractivity contribution in [3.8, 4) is 11.5 Å². The third kappa shape index (κ3) is 3.97. The maximum atomic E-state index is 12.6. The van der Waals surface area contributed by atoms with Crippen LogP contribution in [-0.4, -0.2) is 62.2 Å². The molecule has 0 saturated carbocycles.